The van der Waals surface area contributed by atoms with Crippen LogP contribution in [0, 0.1) is 0 Å². The molecule has 2 aliphatic rings. The molecule has 0 spiro atoms. The van der Waals surface area contributed by atoms with Crippen LogP contribution in [0.15, 0.2) is 6.20 Å². The second kappa shape index (κ2) is 8.55. The summed E-state index contributed by atoms with van der Waals surface area (Å²) in [6.45, 7) is 7.80. The zero-order valence-electron chi connectivity index (χ0n) is 14.6. The van der Waals surface area contributed by atoms with Crippen molar-refractivity contribution in [3.05, 3.63) is 11.9 Å². The van der Waals surface area contributed by atoms with Crippen LogP contribution in [0.2, 0.25) is 0 Å². The van der Waals surface area contributed by atoms with Crippen LogP contribution in [0.1, 0.15) is 29.8 Å². The molecule has 2 fully saturated rings. The van der Waals surface area contributed by atoms with E-state index >= 15 is 0 Å². The van der Waals surface area contributed by atoms with Crippen LogP contribution in [0.5, 0.6) is 0 Å². The highest BCUT2D eigenvalue weighted by Crippen LogP contribution is 2.16. The van der Waals surface area contributed by atoms with Crippen molar-refractivity contribution in [3.63, 3.8) is 0 Å². The average molecular weight is 335 g/mol. The maximum Gasteiger partial charge on any atom is 0.273 e. The third-order valence-corrected chi connectivity index (χ3v) is 5.06. The fourth-order valence-corrected chi connectivity index (χ4v) is 3.48. The Morgan fingerprint density at radius 2 is 2.17 bits per heavy atom. The SMILES string of the molecule is CN1CCC[C@H]1CCNC(=O)c1cn(CCN2CCNCC2)nn1. The van der Waals surface area contributed by atoms with Gasteiger partial charge in [-0.3, -0.25) is 14.4 Å². The van der Waals surface area contributed by atoms with E-state index in [2.05, 4.69) is 37.8 Å². The summed E-state index contributed by atoms with van der Waals surface area (Å²) in [7, 11) is 2.16. The number of carbonyl (C=O) groups is 1. The largest absolute Gasteiger partial charge is 0.351 e. The van der Waals surface area contributed by atoms with Crippen LogP contribution in [-0.4, -0.2) is 89.6 Å². The van der Waals surface area contributed by atoms with Crippen molar-refractivity contribution in [2.75, 3.05) is 52.9 Å². The van der Waals surface area contributed by atoms with Crippen LogP contribution < -0.4 is 10.6 Å². The Morgan fingerprint density at radius 3 is 2.92 bits per heavy atom. The van der Waals surface area contributed by atoms with E-state index in [0.29, 0.717) is 18.3 Å². The van der Waals surface area contributed by atoms with Gasteiger partial charge in [0.25, 0.3) is 5.91 Å². The smallest absolute Gasteiger partial charge is 0.273 e. The van der Waals surface area contributed by atoms with Crippen LogP contribution in [0.4, 0.5) is 0 Å². The van der Waals surface area contributed by atoms with Crippen molar-refractivity contribution in [1.82, 2.24) is 35.4 Å². The van der Waals surface area contributed by atoms with E-state index in [-0.39, 0.29) is 5.91 Å². The molecule has 0 bridgehead atoms. The molecule has 1 aromatic rings. The van der Waals surface area contributed by atoms with Crippen LogP contribution >= 0.6 is 0 Å². The van der Waals surface area contributed by atoms with Gasteiger partial charge in [0.2, 0.25) is 0 Å². The Bertz CT molecular complexity index is 526. The molecule has 3 heterocycles. The quantitative estimate of drug-likeness (QED) is 0.693. The second-order valence-electron chi connectivity index (χ2n) is 6.78. The summed E-state index contributed by atoms with van der Waals surface area (Å²) >= 11 is 0. The molecule has 2 N–H and O–H groups in total. The minimum absolute atomic E-state index is 0.121. The Kier molecular flexibility index (Phi) is 6.17. The Morgan fingerprint density at radius 1 is 1.33 bits per heavy atom. The third kappa shape index (κ3) is 4.75. The highest BCUT2D eigenvalue weighted by atomic mass is 16.2. The molecule has 3 rings (SSSR count). The first-order chi connectivity index (χ1) is 11.7. The van der Waals surface area contributed by atoms with E-state index in [1.54, 1.807) is 10.9 Å². The lowest BCUT2D eigenvalue weighted by Crippen LogP contribution is -2.44. The lowest BCUT2D eigenvalue weighted by Gasteiger charge is -2.26. The van der Waals surface area contributed by atoms with Gasteiger partial charge in [-0.1, -0.05) is 5.21 Å². The number of nitrogens with one attached hydrogen (secondary N) is 2. The number of amides is 1. The zero-order valence-corrected chi connectivity index (χ0v) is 14.6. The number of carbonyl (C=O) groups excluding carboxylic acids is 1. The molecule has 1 aromatic heterocycles. The van der Waals surface area contributed by atoms with Crippen molar-refractivity contribution in [1.29, 1.82) is 0 Å². The lowest BCUT2D eigenvalue weighted by atomic mass is 10.1. The molecule has 0 aliphatic carbocycles. The van der Waals surface area contributed by atoms with Crippen LogP contribution in [0.25, 0.3) is 0 Å². The molecule has 1 amide bonds. The molecule has 134 valence electrons. The molecule has 2 saturated heterocycles. The normalized spacial score (nSPS) is 22.8. The number of nitrogens with zero attached hydrogens (tertiary/aromatic N) is 5. The van der Waals surface area contributed by atoms with Gasteiger partial charge in [0.05, 0.1) is 12.7 Å². The molecule has 0 radical (unpaired) electrons. The number of hydrogen-bond donors (Lipinski definition) is 2. The minimum Gasteiger partial charge on any atom is -0.351 e. The standard InChI is InChI=1S/C16H29N7O/c1-21-8-2-3-14(21)4-5-18-16(24)15-13-23(20-19-15)12-11-22-9-6-17-7-10-22/h13-14,17H,2-12H2,1H3,(H,18,24)/t14-/m0/s1. The Hall–Kier alpha value is -1.51. The van der Waals surface area contributed by atoms with E-state index in [4.69, 9.17) is 0 Å². The minimum atomic E-state index is -0.121. The van der Waals surface area contributed by atoms with Gasteiger partial charge < -0.3 is 15.5 Å². The van der Waals surface area contributed by atoms with E-state index in [1.165, 1.54) is 19.4 Å². The number of piperazine rings is 1. The summed E-state index contributed by atoms with van der Waals surface area (Å²) in [4.78, 5) is 16.9. The molecule has 8 heteroatoms. The molecule has 0 saturated carbocycles. The predicted octanol–water partition coefficient (Wildman–Crippen LogP) is -0.603. The van der Waals surface area contributed by atoms with E-state index < -0.39 is 0 Å². The predicted molar refractivity (Wildman–Crippen MR) is 91.9 cm³/mol. The Labute approximate surface area is 143 Å². The summed E-state index contributed by atoms with van der Waals surface area (Å²) in [5.41, 5.74) is 0.412. The molecule has 8 nitrogen and oxygen atoms in total. The number of hydrogen-bond acceptors (Lipinski definition) is 6. The van der Waals surface area contributed by atoms with Gasteiger partial charge in [-0.05, 0) is 32.9 Å². The van der Waals surface area contributed by atoms with Gasteiger partial charge in [0.1, 0.15) is 0 Å². The maximum absolute atomic E-state index is 12.2. The molecule has 24 heavy (non-hydrogen) atoms. The van der Waals surface area contributed by atoms with Gasteiger partial charge in [0.15, 0.2) is 5.69 Å². The van der Waals surface area contributed by atoms with Crippen LogP contribution in [-0.2, 0) is 6.54 Å². The van der Waals surface area contributed by atoms with Gasteiger partial charge in [-0.2, -0.15) is 0 Å². The summed E-state index contributed by atoms with van der Waals surface area (Å²) in [6, 6.07) is 0.597. The summed E-state index contributed by atoms with van der Waals surface area (Å²) in [5, 5.41) is 14.4. The van der Waals surface area contributed by atoms with E-state index in [0.717, 1.165) is 45.7 Å². The van der Waals surface area contributed by atoms with Crippen molar-refractivity contribution < 1.29 is 4.79 Å². The first kappa shape index (κ1) is 17.3. The molecule has 0 unspecified atom stereocenters. The molecule has 2 aliphatic heterocycles. The van der Waals surface area contributed by atoms with Crippen molar-refractivity contribution in [2.45, 2.75) is 31.8 Å². The van der Waals surface area contributed by atoms with Gasteiger partial charge in [-0.15, -0.1) is 5.10 Å². The van der Waals surface area contributed by atoms with Gasteiger partial charge >= 0.3 is 0 Å². The summed E-state index contributed by atoms with van der Waals surface area (Å²) in [5.74, 6) is -0.121. The van der Waals surface area contributed by atoms with Gasteiger partial charge in [0, 0.05) is 45.3 Å². The van der Waals surface area contributed by atoms with Crippen molar-refractivity contribution in [2.24, 2.45) is 0 Å². The van der Waals surface area contributed by atoms with Gasteiger partial charge in [-0.25, -0.2) is 0 Å². The van der Waals surface area contributed by atoms with E-state index in [9.17, 15) is 4.79 Å². The maximum atomic E-state index is 12.2. The molecule has 1 atom stereocenters. The molecular formula is C16H29N7O. The van der Waals surface area contributed by atoms with Crippen molar-refractivity contribution >= 4 is 5.91 Å². The Balaban J connectivity index is 1.38. The monoisotopic (exact) mass is 335 g/mol. The topological polar surface area (TPSA) is 78.3 Å². The highest BCUT2D eigenvalue weighted by molar-refractivity contribution is 5.91. The zero-order chi connectivity index (χ0) is 16.8. The van der Waals surface area contributed by atoms with Crippen molar-refractivity contribution in [3.8, 4) is 0 Å². The van der Waals surface area contributed by atoms with Crippen LogP contribution in [0.3, 0.4) is 0 Å². The second-order valence-corrected chi connectivity index (χ2v) is 6.78. The fraction of sp³-hybridized carbons (Fsp3) is 0.812. The number of aromatic nitrogens is 3. The summed E-state index contributed by atoms with van der Waals surface area (Å²) in [6.07, 6.45) is 5.24. The number of rotatable bonds is 7. The summed E-state index contributed by atoms with van der Waals surface area (Å²) < 4.78 is 1.77. The lowest BCUT2D eigenvalue weighted by molar-refractivity contribution is 0.0945. The molecule has 0 aromatic carbocycles. The van der Waals surface area contributed by atoms with E-state index in [1.807, 2.05) is 0 Å². The number of likely N-dealkylation sites (tertiary alicyclic amines) is 1. The average Bonchev–Trinajstić information content (AvgIpc) is 3.23. The first-order valence-corrected chi connectivity index (χ1v) is 9.04. The third-order valence-electron chi connectivity index (χ3n) is 5.06. The fourth-order valence-electron chi connectivity index (χ4n) is 3.48. The first-order valence-electron chi connectivity index (χ1n) is 9.04. The highest BCUT2D eigenvalue weighted by Gasteiger charge is 2.20. The molecular weight excluding hydrogens is 306 g/mol.